The molecule has 0 aliphatic carbocycles. The van der Waals surface area contributed by atoms with E-state index in [1.807, 2.05) is 26.1 Å². The third-order valence-corrected chi connectivity index (χ3v) is 6.49. The molecular formula is C17H23N3O3S. The molecule has 1 saturated heterocycles. The Morgan fingerprint density at radius 1 is 1.25 bits per heavy atom. The highest BCUT2D eigenvalue weighted by molar-refractivity contribution is 7.89. The Morgan fingerprint density at radius 2 is 2.04 bits per heavy atom. The van der Waals surface area contributed by atoms with E-state index >= 15 is 0 Å². The maximum Gasteiger partial charge on any atom is 0.247 e. The number of sulfonamides is 1. The van der Waals surface area contributed by atoms with E-state index in [2.05, 4.69) is 5.10 Å². The number of ether oxygens (including phenoxy) is 1. The quantitative estimate of drug-likeness (QED) is 0.851. The number of aryl methyl sites for hydroxylation is 2. The number of nitrogens with zero attached hydrogens (tertiary/aromatic N) is 3. The Bertz CT molecular complexity index is 829. The van der Waals surface area contributed by atoms with Gasteiger partial charge < -0.3 is 4.74 Å². The molecule has 1 aromatic carbocycles. The van der Waals surface area contributed by atoms with Crippen molar-refractivity contribution in [3.63, 3.8) is 0 Å². The van der Waals surface area contributed by atoms with Gasteiger partial charge in [0, 0.05) is 19.8 Å². The summed E-state index contributed by atoms with van der Waals surface area (Å²) in [5, 5.41) is 4.20. The molecule has 24 heavy (non-hydrogen) atoms. The Kier molecular flexibility index (Phi) is 4.64. The maximum absolute atomic E-state index is 13.4. The van der Waals surface area contributed by atoms with Gasteiger partial charge in [-0.2, -0.15) is 9.40 Å². The van der Waals surface area contributed by atoms with Crippen LogP contribution >= 0.6 is 0 Å². The molecule has 1 aromatic heterocycles. The minimum absolute atomic E-state index is 0.193. The molecule has 0 saturated carbocycles. The predicted molar refractivity (Wildman–Crippen MR) is 91.4 cm³/mol. The van der Waals surface area contributed by atoms with E-state index in [-0.39, 0.29) is 10.9 Å². The van der Waals surface area contributed by atoms with Gasteiger partial charge in [0.25, 0.3) is 0 Å². The van der Waals surface area contributed by atoms with E-state index in [0.717, 1.165) is 30.5 Å². The van der Waals surface area contributed by atoms with Gasteiger partial charge in [-0.15, -0.1) is 0 Å². The van der Waals surface area contributed by atoms with E-state index in [0.29, 0.717) is 12.3 Å². The standard InChI is InChI=1S/C17H23N3O3S/c1-13-7-8-16(23-3)17(12-13)24(21,22)20-11-5-4-6-15(20)14-9-10-18-19(14)2/h7-10,12,15H,4-6,11H2,1-3H3. The van der Waals surface area contributed by atoms with Gasteiger partial charge in [0.15, 0.2) is 0 Å². The van der Waals surface area contributed by atoms with E-state index < -0.39 is 10.0 Å². The van der Waals surface area contributed by atoms with Crippen LogP contribution in [0.25, 0.3) is 0 Å². The van der Waals surface area contributed by atoms with Crippen molar-refractivity contribution in [2.45, 2.75) is 37.1 Å². The lowest BCUT2D eigenvalue weighted by Gasteiger charge is -2.35. The summed E-state index contributed by atoms with van der Waals surface area (Å²) in [6, 6.07) is 6.95. The first-order chi connectivity index (χ1) is 11.4. The zero-order chi connectivity index (χ0) is 17.3. The van der Waals surface area contributed by atoms with E-state index in [1.54, 1.807) is 27.3 Å². The summed E-state index contributed by atoms with van der Waals surface area (Å²) in [6.07, 6.45) is 4.38. The Hall–Kier alpha value is -1.86. The molecule has 0 bridgehead atoms. The van der Waals surface area contributed by atoms with Crippen LogP contribution in [0.1, 0.15) is 36.6 Å². The fourth-order valence-corrected chi connectivity index (χ4v) is 5.22. The minimum atomic E-state index is -3.65. The van der Waals surface area contributed by atoms with Gasteiger partial charge >= 0.3 is 0 Å². The molecule has 1 unspecified atom stereocenters. The second-order valence-corrected chi connectivity index (χ2v) is 8.02. The van der Waals surface area contributed by atoms with Crippen molar-refractivity contribution in [2.75, 3.05) is 13.7 Å². The lowest BCUT2D eigenvalue weighted by atomic mass is 10.0. The summed E-state index contributed by atoms with van der Waals surface area (Å²) >= 11 is 0. The van der Waals surface area contributed by atoms with Crippen LogP contribution in [0.4, 0.5) is 0 Å². The molecule has 0 N–H and O–H groups in total. The predicted octanol–water partition coefficient (Wildman–Crippen LogP) is 2.65. The van der Waals surface area contributed by atoms with Gasteiger partial charge in [-0.1, -0.05) is 12.5 Å². The van der Waals surface area contributed by atoms with Crippen molar-refractivity contribution < 1.29 is 13.2 Å². The first-order valence-electron chi connectivity index (χ1n) is 8.09. The van der Waals surface area contributed by atoms with Gasteiger partial charge in [-0.25, -0.2) is 8.42 Å². The molecule has 1 aliphatic rings. The summed E-state index contributed by atoms with van der Waals surface area (Å²) in [6.45, 7) is 2.39. The highest BCUT2D eigenvalue weighted by atomic mass is 32.2. The normalized spacial score (nSPS) is 19.4. The van der Waals surface area contributed by atoms with Gasteiger partial charge in [-0.05, 0) is 43.5 Å². The van der Waals surface area contributed by atoms with Crippen molar-refractivity contribution in [3.05, 3.63) is 41.7 Å². The minimum Gasteiger partial charge on any atom is -0.495 e. The largest absolute Gasteiger partial charge is 0.495 e. The topological polar surface area (TPSA) is 64.4 Å². The van der Waals surface area contributed by atoms with Crippen LogP contribution in [0.2, 0.25) is 0 Å². The molecule has 1 atom stereocenters. The number of hydrogen-bond donors (Lipinski definition) is 0. The lowest BCUT2D eigenvalue weighted by molar-refractivity contribution is 0.245. The average molecular weight is 349 g/mol. The number of benzene rings is 1. The number of rotatable bonds is 4. The van der Waals surface area contributed by atoms with E-state index in [9.17, 15) is 8.42 Å². The van der Waals surface area contributed by atoms with E-state index in [1.165, 1.54) is 7.11 Å². The third-order valence-electron chi connectivity index (χ3n) is 4.56. The van der Waals surface area contributed by atoms with Gasteiger partial charge in [0.1, 0.15) is 10.6 Å². The van der Waals surface area contributed by atoms with Crippen molar-refractivity contribution in [3.8, 4) is 5.75 Å². The summed E-state index contributed by atoms with van der Waals surface area (Å²) in [5.74, 6) is 0.384. The zero-order valence-corrected chi connectivity index (χ0v) is 15.1. The SMILES string of the molecule is COc1ccc(C)cc1S(=O)(=O)N1CCCCC1c1ccnn1C. The van der Waals surface area contributed by atoms with Crippen molar-refractivity contribution in [1.82, 2.24) is 14.1 Å². The highest BCUT2D eigenvalue weighted by Gasteiger charge is 2.37. The van der Waals surface area contributed by atoms with Crippen molar-refractivity contribution in [1.29, 1.82) is 0 Å². The second-order valence-electron chi connectivity index (χ2n) is 6.16. The number of aromatic nitrogens is 2. The second kappa shape index (κ2) is 6.57. The fourth-order valence-electron chi connectivity index (χ4n) is 3.31. The monoisotopic (exact) mass is 349 g/mol. The lowest BCUT2D eigenvalue weighted by Crippen LogP contribution is -2.39. The maximum atomic E-state index is 13.4. The zero-order valence-electron chi connectivity index (χ0n) is 14.3. The van der Waals surface area contributed by atoms with Gasteiger partial charge in [-0.3, -0.25) is 4.68 Å². The Labute approximate surface area is 143 Å². The van der Waals surface area contributed by atoms with Gasteiger partial charge in [0.2, 0.25) is 10.0 Å². The molecule has 2 heterocycles. The Balaban J connectivity index is 2.07. The molecule has 130 valence electrons. The number of methoxy groups -OCH3 is 1. The highest BCUT2D eigenvalue weighted by Crippen LogP contribution is 2.37. The third kappa shape index (κ3) is 2.93. The summed E-state index contributed by atoms with van der Waals surface area (Å²) in [5.41, 5.74) is 1.81. The smallest absolute Gasteiger partial charge is 0.247 e. The molecule has 0 radical (unpaired) electrons. The molecule has 7 heteroatoms. The summed E-state index contributed by atoms with van der Waals surface area (Å²) in [7, 11) is -0.304. The van der Waals surface area contributed by atoms with Crippen LogP contribution in [-0.4, -0.2) is 36.2 Å². The molecule has 1 fully saturated rings. The molecule has 6 nitrogen and oxygen atoms in total. The fraction of sp³-hybridized carbons (Fsp3) is 0.471. The van der Waals surface area contributed by atoms with Gasteiger partial charge in [0.05, 0.1) is 18.8 Å². The number of piperidine rings is 1. The Morgan fingerprint density at radius 3 is 2.71 bits per heavy atom. The molecule has 0 spiro atoms. The molecular weight excluding hydrogens is 326 g/mol. The van der Waals surface area contributed by atoms with Crippen LogP contribution in [0, 0.1) is 6.92 Å². The summed E-state index contributed by atoms with van der Waals surface area (Å²) < 4.78 is 35.4. The molecule has 2 aromatic rings. The van der Waals surface area contributed by atoms with Crippen LogP contribution in [0.5, 0.6) is 5.75 Å². The molecule has 1 aliphatic heterocycles. The van der Waals surface area contributed by atoms with E-state index in [4.69, 9.17) is 4.74 Å². The van der Waals surface area contributed by atoms with Crippen molar-refractivity contribution in [2.24, 2.45) is 7.05 Å². The average Bonchev–Trinajstić information content (AvgIpc) is 3.00. The first-order valence-corrected chi connectivity index (χ1v) is 9.53. The van der Waals surface area contributed by atoms with Crippen LogP contribution < -0.4 is 4.74 Å². The summed E-state index contributed by atoms with van der Waals surface area (Å²) in [4.78, 5) is 0.235. The van der Waals surface area contributed by atoms with Crippen LogP contribution in [0.3, 0.4) is 0 Å². The van der Waals surface area contributed by atoms with Crippen LogP contribution in [0.15, 0.2) is 35.4 Å². The van der Waals surface area contributed by atoms with Crippen molar-refractivity contribution >= 4 is 10.0 Å². The first kappa shape index (κ1) is 17.0. The molecule has 0 amide bonds. The van der Waals surface area contributed by atoms with Crippen LogP contribution in [-0.2, 0) is 17.1 Å². The number of hydrogen-bond acceptors (Lipinski definition) is 4. The molecule has 3 rings (SSSR count).